The number of primary amides is 1. The van der Waals surface area contributed by atoms with Crippen molar-refractivity contribution in [1.29, 1.82) is 0 Å². The van der Waals surface area contributed by atoms with Gasteiger partial charge in [0.05, 0.1) is 6.10 Å². The zero-order valence-electron chi connectivity index (χ0n) is 11.1. The second-order valence-corrected chi connectivity index (χ2v) is 4.41. The van der Waals surface area contributed by atoms with E-state index in [2.05, 4.69) is 10.6 Å². The molecular formula is C13H19N3O4. The molecular weight excluding hydrogens is 262 g/mol. The molecule has 0 radical (unpaired) electrons. The molecule has 0 fully saturated rings. The van der Waals surface area contributed by atoms with Crippen LogP contribution in [0.15, 0.2) is 18.2 Å². The summed E-state index contributed by atoms with van der Waals surface area (Å²) < 4.78 is 10.9. The lowest BCUT2D eigenvalue weighted by Gasteiger charge is -2.20. The zero-order chi connectivity index (χ0) is 14.4. The molecule has 7 nitrogen and oxygen atoms in total. The average molecular weight is 281 g/mol. The van der Waals surface area contributed by atoms with Gasteiger partial charge in [-0.25, -0.2) is 4.79 Å². The molecule has 1 heterocycles. The Bertz CT molecular complexity index is 467. The summed E-state index contributed by atoms with van der Waals surface area (Å²) in [6, 6.07) is 4.82. The predicted molar refractivity (Wildman–Crippen MR) is 72.8 cm³/mol. The van der Waals surface area contributed by atoms with E-state index < -0.39 is 12.1 Å². The van der Waals surface area contributed by atoms with Crippen LogP contribution in [0.5, 0.6) is 11.5 Å². The highest BCUT2D eigenvalue weighted by molar-refractivity contribution is 5.71. The third-order valence-corrected chi connectivity index (χ3v) is 2.89. The topological polar surface area (TPSA) is 106 Å². The van der Waals surface area contributed by atoms with Crippen LogP contribution in [0.1, 0.15) is 11.7 Å². The number of aliphatic hydroxyl groups is 1. The first kappa shape index (κ1) is 14.4. The monoisotopic (exact) mass is 281 g/mol. The minimum absolute atomic E-state index is 0.375. The third kappa shape index (κ3) is 4.01. The van der Waals surface area contributed by atoms with Crippen LogP contribution < -0.4 is 25.8 Å². The fourth-order valence-corrected chi connectivity index (χ4v) is 1.90. The number of fused-ring (bicyclic) bond motifs is 1. The van der Waals surface area contributed by atoms with Gasteiger partial charge in [-0.3, -0.25) is 0 Å². The van der Waals surface area contributed by atoms with Crippen molar-refractivity contribution >= 4 is 6.03 Å². The maximum Gasteiger partial charge on any atom is 0.312 e. The van der Waals surface area contributed by atoms with Gasteiger partial charge >= 0.3 is 6.03 Å². The minimum Gasteiger partial charge on any atom is -0.486 e. The number of hydrogen-bond acceptors (Lipinski definition) is 5. The van der Waals surface area contributed by atoms with Crippen LogP contribution >= 0.6 is 0 Å². The standard InChI is InChI=1S/C13H19N3O4/c14-13(18)16-4-3-15-8-10(17)9-1-2-11-12(7-9)20-6-5-19-11/h1-2,7,10,15,17H,3-6,8H2,(H3,14,16,18). The van der Waals surface area contributed by atoms with Gasteiger partial charge in [0.2, 0.25) is 0 Å². The highest BCUT2D eigenvalue weighted by Gasteiger charge is 2.15. The molecule has 110 valence electrons. The quantitative estimate of drug-likeness (QED) is 0.538. The summed E-state index contributed by atoms with van der Waals surface area (Å²) >= 11 is 0. The molecule has 2 amide bonds. The summed E-state index contributed by atoms with van der Waals surface area (Å²) in [5.41, 5.74) is 5.69. The Balaban J connectivity index is 1.80. The highest BCUT2D eigenvalue weighted by Crippen LogP contribution is 2.32. The molecule has 1 aromatic rings. The number of amides is 2. The first-order valence-corrected chi connectivity index (χ1v) is 6.48. The van der Waals surface area contributed by atoms with Crippen LogP contribution in [0.25, 0.3) is 0 Å². The van der Waals surface area contributed by atoms with Gasteiger partial charge in [0.1, 0.15) is 13.2 Å². The Kier molecular flexibility index (Phi) is 5.03. The smallest absolute Gasteiger partial charge is 0.312 e. The summed E-state index contributed by atoms with van der Waals surface area (Å²) in [5, 5.41) is 15.5. The van der Waals surface area contributed by atoms with Crippen LogP contribution in [0.3, 0.4) is 0 Å². The second kappa shape index (κ2) is 6.97. The molecule has 7 heteroatoms. The molecule has 0 spiro atoms. The van der Waals surface area contributed by atoms with E-state index in [1.165, 1.54) is 0 Å². The van der Waals surface area contributed by atoms with Gasteiger partial charge in [-0.15, -0.1) is 0 Å². The Morgan fingerprint density at radius 3 is 2.80 bits per heavy atom. The van der Waals surface area contributed by atoms with Crippen LogP contribution in [0, 0.1) is 0 Å². The fraction of sp³-hybridized carbons (Fsp3) is 0.462. The highest BCUT2D eigenvalue weighted by atomic mass is 16.6. The van der Waals surface area contributed by atoms with Crippen molar-refractivity contribution in [2.75, 3.05) is 32.8 Å². The van der Waals surface area contributed by atoms with Crippen molar-refractivity contribution in [3.05, 3.63) is 23.8 Å². The van der Waals surface area contributed by atoms with Crippen molar-refractivity contribution in [2.45, 2.75) is 6.10 Å². The molecule has 2 rings (SSSR count). The summed E-state index contributed by atoms with van der Waals surface area (Å²) in [5.74, 6) is 1.36. The van der Waals surface area contributed by atoms with Crippen molar-refractivity contribution in [3.63, 3.8) is 0 Å². The number of hydrogen-bond donors (Lipinski definition) is 4. The number of benzene rings is 1. The predicted octanol–water partition coefficient (Wildman–Crippen LogP) is -0.251. The van der Waals surface area contributed by atoms with E-state index in [1.807, 2.05) is 6.07 Å². The molecule has 0 aliphatic carbocycles. The summed E-state index contributed by atoms with van der Waals surface area (Å²) in [6.07, 6.45) is -0.653. The summed E-state index contributed by atoms with van der Waals surface area (Å²) in [7, 11) is 0. The second-order valence-electron chi connectivity index (χ2n) is 4.41. The van der Waals surface area contributed by atoms with E-state index >= 15 is 0 Å². The van der Waals surface area contributed by atoms with Crippen molar-refractivity contribution in [2.24, 2.45) is 5.73 Å². The largest absolute Gasteiger partial charge is 0.486 e. The molecule has 0 saturated carbocycles. The first-order chi connectivity index (χ1) is 9.66. The van der Waals surface area contributed by atoms with Crippen molar-refractivity contribution in [3.8, 4) is 11.5 Å². The molecule has 1 aliphatic heterocycles. The number of aliphatic hydroxyl groups excluding tert-OH is 1. The van der Waals surface area contributed by atoms with E-state index in [0.717, 1.165) is 5.56 Å². The molecule has 0 bridgehead atoms. The van der Waals surface area contributed by atoms with Gasteiger partial charge in [0.15, 0.2) is 11.5 Å². The number of nitrogens with one attached hydrogen (secondary N) is 2. The Morgan fingerprint density at radius 1 is 1.30 bits per heavy atom. The van der Waals surface area contributed by atoms with Crippen molar-refractivity contribution in [1.82, 2.24) is 10.6 Å². The zero-order valence-corrected chi connectivity index (χ0v) is 11.1. The van der Waals surface area contributed by atoms with Gasteiger partial charge in [0, 0.05) is 19.6 Å². The average Bonchev–Trinajstić information content (AvgIpc) is 2.46. The summed E-state index contributed by atoms with van der Waals surface area (Å²) in [4.78, 5) is 10.5. The number of rotatable bonds is 6. The normalized spacial score (nSPS) is 14.7. The van der Waals surface area contributed by atoms with Crippen LogP contribution in [0.4, 0.5) is 4.79 Å². The minimum atomic E-state index is -0.653. The first-order valence-electron chi connectivity index (χ1n) is 6.48. The van der Waals surface area contributed by atoms with Crippen LogP contribution in [-0.2, 0) is 0 Å². The summed E-state index contributed by atoms with van der Waals surface area (Å²) in [6.45, 7) is 2.39. The molecule has 0 aromatic heterocycles. The van der Waals surface area contributed by atoms with Gasteiger partial charge < -0.3 is 30.9 Å². The molecule has 1 aromatic carbocycles. The Morgan fingerprint density at radius 2 is 2.05 bits per heavy atom. The van der Waals surface area contributed by atoms with E-state index in [-0.39, 0.29) is 0 Å². The fourth-order valence-electron chi connectivity index (χ4n) is 1.90. The molecule has 5 N–H and O–H groups in total. The molecule has 20 heavy (non-hydrogen) atoms. The number of urea groups is 1. The SMILES string of the molecule is NC(=O)NCCNCC(O)c1ccc2c(c1)OCCO2. The third-order valence-electron chi connectivity index (χ3n) is 2.89. The number of nitrogens with two attached hydrogens (primary N) is 1. The maximum absolute atomic E-state index is 10.5. The molecule has 0 saturated heterocycles. The Labute approximate surface area is 117 Å². The number of carbonyl (C=O) groups excluding carboxylic acids is 1. The van der Waals surface area contributed by atoms with Gasteiger partial charge in [-0.2, -0.15) is 0 Å². The maximum atomic E-state index is 10.5. The van der Waals surface area contributed by atoms with Crippen molar-refractivity contribution < 1.29 is 19.4 Å². The molecule has 1 unspecified atom stereocenters. The van der Waals surface area contributed by atoms with Crippen LogP contribution in [0.2, 0.25) is 0 Å². The van der Waals surface area contributed by atoms with E-state index in [9.17, 15) is 9.90 Å². The molecule has 1 aliphatic rings. The lowest BCUT2D eigenvalue weighted by Crippen LogP contribution is -2.36. The Hall–Kier alpha value is -1.99. The van der Waals surface area contributed by atoms with Gasteiger partial charge in [0.25, 0.3) is 0 Å². The van der Waals surface area contributed by atoms with Gasteiger partial charge in [-0.05, 0) is 17.7 Å². The lowest BCUT2D eigenvalue weighted by atomic mass is 10.1. The van der Waals surface area contributed by atoms with Gasteiger partial charge in [-0.1, -0.05) is 6.07 Å². The van der Waals surface area contributed by atoms with E-state index in [1.54, 1.807) is 12.1 Å². The molecule has 1 atom stereocenters. The van der Waals surface area contributed by atoms with E-state index in [0.29, 0.717) is 44.3 Å². The number of ether oxygens (including phenoxy) is 2. The van der Waals surface area contributed by atoms with E-state index in [4.69, 9.17) is 15.2 Å². The number of carbonyl (C=O) groups is 1. The van der Waals surface area contributed by atoms with Crippen LogP contribution in [-0.4, -0.2) is 44.0 Å². The lowest BCUT2D eigenvalue weighted by molar-refractivity contribution is 0.163.